The number of aryl methyl sites for hydroxylation is 1. The summed E-state index contributed by atoms with van der Waals surface area (Å²) in [5.74, 6) is -0.0993. The van der Waals surface area contributed by atoms with Gasteiger partial charge in [0.05, 0.1) is 22.5 Å². The number of amides is 1. The van der Waals surface area contributed by atoms with E-state index >= 15 is 0 Å². The lowest BCUT2D eigenvalue weighted by Crippen LogP contribution is -2.31. The monoisotopic (exact) mass is 503 g/mol. The molecule has 0 unspecified atom stereocenters. The molecule has 10 heteroatoms. The van der Waals surface area contributed by atoms with Gasteiger partial charge in [0.25, 0.3) is 15.9 Å². The number of anilines is 2. The fraction of sp³-hybridized carbons (Fsp3) is 0.0870. The highest BCUT2D eigenvalue weighted by Crippen LogP contribution is 2.34. The van der Waals surface area contributed by atoms with Gasteiger partial charge in [-0.25, -0.2) is 13.1 Å². The lowest BCUT2D eigenvalue weighted by Gasteiger charge is -2.11. The number of hydrogen-bond acceptors (Lipinski definition) is 5. The maximum atomic E-state index is 12.9. The maximum Gasteiger partial charge on any atom is 0.281 e. The van der Waals surface area contributed by atoms with Crippen LogP contribution in [0, 0.1) is 0 Å². The Morgan fingerprint density at radius 3 is 2.42 bits per heavy atom. The number of nitrogens with one attached hydrogen (secondary N) is 2. The van der Waals surface area contributed by atoms with E-state index in [0.717, 1.165) is 5.69 Å². The zero-order valence-electron chi connectivity index (χ0n) is 17.6. The van der Waals surface area contributed by atoms with Crippen molar-refractivity contribution in [3.63, 3.8) is 0 Å². The first-order chi connectivity index (χ1) is 15.7. The maximum absolute atomic E-state index is 12.9. The number of nitrogens with zero attached hydrogens (tertiary/aromatic N) is 1. The molecule has 3 aromatic carbocycles. The Morgan fingerprint density at radius 1 is 1.00 bits per heavy atom. The number of carbonyl (C=O) groups is 1. The van der Waals surface area contributed by atoms with Crippen molar-refractivity contribution < 1.29 is 17.9 Å². The molecule has 0 atom stereocenters. The minimum atomic E-state index is -4.09. The van der Waals surface area contributed by atoms with Crippen molar-refractivity contribution in [2.75, 3.05) is 12.4 Å². The number of ether oxygens (including phenoxy) is 1. The summed E-state index contributed by atoms with van der Waals surface area (Å²) in [6.07, 6.45) is 0. The summed E-state index contributed by atoms with van der Waals surface area (Å²) in [5, 5.41) is 4.76. The Labute approximate surface area is 200 Å². The van der Waals surface area contributed by atoms with Gasteiger partial charge in [-0.15, -0.1) is 0 Å². The second kappa shape index (κ2) is 8.97. The first kappa shape index (κ1) is 23.0. The molecule has 0 radical (unpaired) electrons. The quantitative estimate of drug-likeness (QED) is 0.369. The van der Waals surface area contributed by atoms with Gasteiger partial charge in [-0.1, -0.05) is 29.3 Å². The molecule has 0 bridgehead atoms. The fourth-order valence-corrected chi connectivity index (χ4v) is 4.83. The normalized spacial score (nSPS) is 11.4. The van der Waals surface area contributed by atoms with Crippen LogP contribution >= 0.6 is 23.2 Å². The van der Waals surface area contributed by atoms with Crippen LogP contribution in [0.1, 0.15) is 10.5 Å². The van der Waals surface area contributed by atoms with E-state index in [2.05, 4.69) is 10.0 Å². The molecule has 0 aliphatic carbocycles. The fourth-order valence-electron chi connectivity index (χ4n) is 3.45. The van der Waals surface area contributed by atoms with Crippen LogP contribution in [0.2, 0.25) is 10.0 Å². The summed E-state index contributed by atoms with van der Waals surface area (Å²) in [7, 11) is -0.860. The average molecular weight is 504 g/mol. The SMILES string of the molecule is COc1cccc(Nc2ccc(Cl)c3c2cc(C(=O)NS(=O)(=O)c2ccc(Cl)cc2)n3C)c1. The molecule has 1 aromatic heterocycles. The third-order valence-corrected chi connectivity index (χ3v) is 6.98. The van der Waals surface area contributed by atoms with E-state index in [1.807, 2.05) is 24.3 Å². The van der Waals surface area contributed by atoms with Crippen molar-refractivity contribution >= 4 is 61.4 Å². The first-order valence-corrected chi connectivity index (χ1v) is 12.0. The van der Waals surface area contributed by atoms with Crippen LogP contribution in [0.4, 0.5) is 11.4 Å². The minimum Gasteiger partial charge on any atom is -0.497 e. The highest BCUT2D eigenvalue weighted by molar-refractivity contribution is 7.90. The Kier molecular flexibility index (Phi) is 6.25. The van der Waals surface area contributed by atoms with Crippen LogP contribution in [-0.4, -0.2) is 26.0 Å². The lowest BCUT2D eigenvalue weighted by atomic mass is 10.2. The molecule has 0 saturated heterocycles. The molecule has 33 heavy (non-hydrogen) atoms. The first-order valence-electron chi connectivity index (χ1n) is 9.71. The number of carbonyl (C=O) groups excluding carboxylic acids is 1. The topological polar surface area (TPSA) is 89.4 Å². The zero-order chi connectivity index (χ0) is 23.8. The third kappa shape index (κ3) is 4.64. The van der Waals surface area contributed by atoms with Gasteiger partial charge >= 0.3 is 0 Å². The predicted octanol–water partition coefficient (Wildman–Crippen LogP) is 5.36. The van der Waals surface area contributed by atoms with Crippen molar-refractivity contribution in [2.24, 2.45) is 7.05 Å². The van der Waals surface area contributed by atoms with E-state index in [4.69, 9.17) is 27.9 Å². The molecule has 0 aliphatic rings. The van der Waals surface area contributed by atoms with E-state index in [1.165, 1.54) is 24.3 Å². The van der Waals surface area contributed by atoms with Crippen LogP contribution in [-0.2, 0) is 17.1 Å². The van der Waals surface area contributed by atoms with Crippen molar-refractivity contribution in [3.05, 3.63) is 82.5 Å². The summed E-state index contributed by atoms with van der Waals surface area (Å²) in [5.41, 5.74) is 2.18. The number of rotatable bonds is 6. The van der Waals surface area contributed by atoms with Crippen molar-refractivity contribution in [3.8, 4) is 5.75 Å². The largest absolute Gasteiger partial charge is 0.497 e. The highest BCUT2D eigenvalue weighted by Gasteiger charge is 2.23. The number of sulfonamides is 1. The van der Waals surface area contributed by atoms with Crippen molar-refractivity contribution in [1.82, 2.24) is 9.29 Å². The van der Waals surface area contributed by atoms with Gasteiger partial charge in [-0.05, 0) is 54.6 Å². The molecular weight excluding hydrogens is 485 g/mol. The highest BCUT2D eigenvalue weighted by atomic mass is 35.5. The molecular formula is C23H19Cl2N3O4S. The molecule has 1 heterocycles. The number of aromatic nitrogens is 1. The van der Waals surface area contributed by atoms with Gasteiger partial charge in [0.15, 0.2) is 0 Å². The smallest absolute Gasteiger partial charge is 0.281 e. The van der Waals surface area contributed by atoms with Crippen LogP contribution in [0.15, 0.2) is 71.6 Å². The second-order valence-corrected chi connectivity index (χ2v) is 9.72. The Hall–Kier alpha value is -3.20. The number of methoxy groups -OCH3 is 1. The van der Waals surface area contributed by atoms with E-state index in [9.17, 15) is 13.2 Å². The standard InChI is InChI=1S/C23H19Cl2N3O4S/c1-28-21(23(29)27-33(30,31)17-8-6-14(24)7-9-17)13-18-20(11-10-19(25)22(18)28)26-15-4-3-5-16(12-15)32-2/h3-13,26H,1-2H3,(H,27,29). The van der Waals surface area contributed by atoms with E-state index in [0.29, 0.717) is 32.4 Å². The summed E-state index contributed by atoms with van der Waals surface area (Å²) in [6, 6.07) is 18.0. The van der Waals surface area contributed by atoms with Crippen LogP contribution < -0.4 is 14.8 Å². The van der Waals surface area contributed by atoms with Crippen molar-refractivity contribution in [1.29, 1.82) is 0 Å². The summed E-state index contributed by atoms with van der Waals surface area (Å²) < 4.78 is 34.2. The predicted molar refractivity (Wildman–Crippen MR) is 130 cm³/mol. The molecule has 0 saturated carbocycles. The number of halogens is 2. The number of benzene rings is 3. The Balaban J connectivity index is 1.71. The van der Waals surface area contributed by atoms with Crippen LogP contribution in [0.25, 0.3) is 10.9 Å². The molecule has 7 nitrogen and oxygen atoms in total. The zero-order valence-corrected chi connectivity index (χ0v) is 19.9. The average Bonchev–Trinajstić information content (AvgIpc) is 3.14. The van der Waals surface area contributed by atoms with E-state index in [1.54, 1.807) is 36.9 Å². The van der Waals surface area contributed by atoms with Crippen molar-refractivity contribution in [2.45, 2.75) is 4.90 Å². The second-order valence-electron chi connectivity index (χ2n) is 7.19. The van der Waals surface area contributed by atoms with Gasteiger partial charge < -0.3 is 14.6 Å². The minimum absolute atomic E-state index is 0.0718. The van der Waals surface area contributed by atoms with Crippen LogP contribution in [0.3, 0.4) is 0 Å². The molecule has 0 fully saturated rings. The molecule has 170 valence electrons. The molecule has 2 N–H and O–H groups in total. The van der Waals surface area contributed by atoms with Gasteiger partial charge in [0.2, 0.25) is 0 Å². The van der Waals surface area contributed by atoms with Gasteiger partial charge in [-0.3, -0.25) is 4.79 Å². The van der Waals surface area contributed by atoms with Gasteiger partial charge in [-0.2, -0.15) is 0 Å². The molecule has 0 aliphatic heterocycles. The lowest BCUT2D eigenvalue weighted by molar-refractivity contribution is 0.0974. The summed E-state index contributed by atoms with van der Waals surface area (Å²) in [6.45, 7) is 0. The summed E-state index contributed by atoms with van der Waals surface area (Å²) in [4.78, 5) is 12.9. The number of fused-ring (bicyclic) bond motifs is 1. The molecule has 4 rings (SSSR count). The molecule has 0 spiro atoms. The summed E-state index contributed by atoms with van der Waals surface area (Å²) >= 11 is 12.2. The van der Waals surface area contributed by atoms with Gasteiger partial charge in [0, 0.05) is 34.9 Å². The van der Waals surface area contributed by atoms with Crippen LogP contribution in [0.5, 0.6) is 5.75 Å². The number of hydrogen-bond donors (Lipinski definition) is 2. The van der Waals surface area contributed by atoms with Gasteiger partial charge in [0.1, 0.15) is 11.4 Å². The van der Waals surface area contributed by atoms with E-state index in [-0.39, 0.29) is 10.6 Å². The Bertz CT molecular complexity index is 1470. The third-order valence-electron chi connectivity index (χ3n) is 5.08. The molecule has 1 amide bonds. The molecule has 4 aromatic rings. The van der Waals surface area contributed by atoms with E-state index < -0.39 is 15.9 Å². The Morgan fingerprint density at radius 2 is 1.73 bits per heavy atom.